The van der Waals surface area contributed by atoms with Gasteiger partial charge in [0.2, 0.25) is 5.78 Å². The predicted octanol–water partition coefficient (Wildman–Crippen LogP) is 1.60. The lowest BCUT2D eigenvalue weighted by Gasteiger charge is -2.23. The number of piperidine rings is 1. The number of nitrogens with zero attached hydrogens (tertiary/aromatic N) is 2. The monoisotopic (exact) mass is 263 g/mol. The average molecular weight is 263 g/mol. The van der Waals surface area contributed by atoms with Crippen LogP contribution in [0.25, 0.3) is 0 Å². The van der Waals surface area contributed by atoms with Gasteiger partial charge in [0.05, 0.1) is 6.20 Å². The molecule has 0 bridgehead atoms. The third kappa shape index (κ3) is 5.04. The van der Waals surface area contributed by atoms with Crippen LogP contribution >= 0.6 is 0 Å². The van der Waals surface area contributed by atoms with E-state index in [-0.39, 0.29) is 12.4 Å². The van der Waals surface area contributed by atoms with Gasteiger partial charge >= 0.3 is 0 Å². The first kappa shape index (κ1) is 14.1. The fourth-order valence-corrected chi connectivity index (χ4v) is 2.28. The number of ether oxygens (including phenoxy) is 1. The van der Waals surface area contributed by atoms with Crippen LogP contribution in [-0.4, -0.2) is 41.6 Å². The summed E-state index contributed by atoms with van der Waals surface area (Å²) >= 11 is 0. The summed E-state index contributed by atoms with van der Waals surface area (Å²) in [5.41, 5.74) is 0.372. The van der Waals surface area contributed by atoms with Crippen LogP contribution in [0.4, 0.5) is 0 Å². The number of carbonyl (C=O) groups is 1. The fraction of sp³-hybridized carbons (Fsp3) is 0.643. The summed E-state index contributed by atoms with van der Waals surface area (Å²) in [5, 5.41) is 3.50. The standard InChI is InChI=1S/C14H21N3O2/c18-14(13-10-15-7-8-17-13)11-19-9-3-5-12-4-1-2-6-16-12/h7-8,10,12,16H,1-6,9,11H2/t12-/m0/s1. The number of rotatable bonds is 7. The maximum Gasteiger partial charge on any atom is 0.208 e. The second kappa shape index (κ2) is 7.96. The van der Waals surface area contributed by atoms with E-state index in [2.05, 4.69) is 15.3 Å². The second-order valence-electron chi connectivity index (χ2n) is 4.86. The summed E-state index contributed by atoms with van der Waals surface area (Å²) < 4.78 is 5.40. The smallest absolute Gasteiger partial charge is 0.208 e. The van der Waals surface area contributed by atoms with Crippen LogP contribution < -0.4 is 5.32 Å². The Morgan fingerprint density at radius 1 is 1.42 bits per heavy atom. The summed E-state index contributed by atoms with van der Waals surface area (Å²) in [6, 6.07) is 0.632. The first-order valence-electron chi connectivity index (χ1n) is 6.96. The Hall–Kier alpha value is -1.33. The summed E-state index contributed by atoms with van der Waals surface area (Å²) in [5.74, 6) is -0.108. The highest BCUT2D eigenvalue weighted by molar-refractivity contribution is 5.94. The Morgan fingerprint density at radius 2 is 2.37 bits per heavy atom. The molecule has 1 saturated heterocycles. The van der Waals surface area contributed by atoms with Gasteiger partial charge in [0.1, 0.15) is 12.3 Å². The summed E-state index contributed by atoms with van der Waals surface area (Å²) in [7, 11) is 0. The Kier molecular flexibility index (Phi) is 5.91. The first-order chi connectivity index (χ1) is 9.36. The summed E-state index contributed by atoms with van der Waals surface area (Å²) in [6.45, 7) is 1.86. The lowest BCUT2D eigenvalue weighted by Crippen LogP contribution is -2.34. The van der Waals surface area contributed by atoms with Crippen LogP contribution in [0.15, 0.2) is 18.6 Å². The highest BCUT2D eigenvalue weighted by Crippen LogP contribution is 2.11. The number of carbonyl (C=O) groups excluding carboxylic acids is 1. The van der Waals surface area contributed by atoms with E-state index in [1.54, 1.807) is 6.20 Å². The largest absolute Gasteiger partial charge is 0.373 e. The number of aromatic nitrogens is 2. The molecule has 1 aromatic heterocycles. The van der Waals surface area contributed by atoms with E-state index in [1.807, 2.05) is 0 Å². The van der Waals surface area contributed by atoms with Crippen molar-refractivity contribution in [3.63, 3.8) is 0 Å². The van der Waals surface area contributed by atoms with Crippen LogP contribution in [0, 0.1) is 0 Å². The zero-order valence-electron chi connectivity index (χ0n) is 11.2. The third-order valence-electron chi connectivity index (χ3n) is 3.34. The number of nitrogens with one attached hydrogen (secondary N) is 1. The van der Waals surface area contributed by atoms with Crippen LogP contribution in [-0.2, 0) is 4.74 Å². The number of hydrogen-bond donors (Lipinski definition) is 1. The van der Waals surface area contributed by atoms with E-state index < -0.39 is 0 Å². The van der Waals surface area contributed by atoms with Crippen molar-refractivity contribution in [2.45, 2.75) is 38.1 Å². The van der Waals surface area contributed by atoms with E-state index in [9.17, 15) is 4.79 Å². The van der Waals surface area contributed by atoms with Crippen molar-refractivity contribution in [2.24, 2.45) is 0 Å². The molecular formula is C14H21N3O2. The van der Waals surface area contributed by atoms with Crippen molar-refractivity contribution in [1.29, 1.82) is 0 Å². The van der Waals surface area contributed by atoms with E-state index in [0.29, 0.717) is 18.3 Å². The maximum absolute atomic E-state index is 11.7. The minimum atomic E-state index is -0.108. The molecule has 2 rings (SSSR count). The van der Waals surface area contributed by atoms with Crippen LogP contribution in [0.5, 0.6) is 0 Å². The molecule has 0 spiro atoms. The predicted molar refractivity (Wildman–Crippen MR) is 72.1 cm³/mol. The second-order valence-corrected chi connectivity index (χ2v) is 4.86. The van der Waals surface area contributed by atoms with Crippen molar-refractivity contribution in [3.8, 4) is 0 Å². The third-order valence-corrected chi connectivity index (χ3v) is 3.34. The van der Waals surface area contributed by atoms with E-state index in [1.165, 1.54) is 31.7 Å². The number of hydrogen-bond acceptors (Lipinski definition) is 5. The molecule has 0 radical (unpaired) electrons. The maximum atomic E-state index is 11.7. The van der Waals surface area contributed by atoms with Crippen LogP contribution in [0.3, 0.4) is 0 Å². The van der Waals surface area contributed by atoms with Crippen molar-refractivity contribution < 1.29 is 9.53 Å². The van der Waals surface area contributed by atoms with E-state index in [4.69, 9.17) is 4.74 Å². The van der Waals surface area contributed by atoms with Crippen molar-refractivity contribution in [2.75, 3.05) is 19.8 Å². The molecule has 0 aromatic carbocycles. The van der Waals surface area contributed by atoms with Gasteiger partial charge in [-0.2, -0.15) is 0 Å². The molecule has 104 valence electrons. The molecule has 0 unspecified atom stereocenters. The molecule has 19 heavy (non-hydrogen) atoms. The topological polar surface area (TPSA) is 64.1 Å². The van der Waals surface area contributed by atoms with Crippen molar-refractivity contribution in [3.05, 3.63) is 24.3 Å². The van der Waals surface area contributed by atoms with Gasteiger partial charge in [0, 0.05) is 25.0 Å². The Bertz CT molecular complexity index is 378. The van der Waals surface area contributed by atoms with Gasteiger partial charge in [0.15, 0.2) is 0 Å². The number of ketones is 1. The molecule has 5 heteroatoms. The molecular weight excluding hydrogens is 242 g/mol. The lowest BCUT2D eigenvalue weighted by molar-refractivity contribution is 0.0743. The Morgan fingerprint density at radius 3 is 3.11 bits per heavy atom. The molecule has 1 atom stereocenters. The highest BCUT2D eigenvalue weighted by atomic mass is 16.5. The Balaban J connectivity index is 1.55. The molecule has 2 heterocycles. The van der Waals surface area contributed by atoms with E-state index >= 15 is 0 Å². The minimum absolute atomic E-state index is 0.0940. The first-order valence-corrected chi connectivity index (χ1v) is 6.96. The minimum Gasteiger partial charge on any atom is -0.373 e. The fourth-order valence-electron chi connectivity index (χ4n) is 2.28. The van der Waals surface area contributed by atoms with Gasteiger partial charge < -0.3 is 10.1 Å². The molecule has 0 amide bonds. The molecule has 5 nitrogen and oxygen atoms in total. The molecule has 1 aromatic rings. The zero-order chi connectivity index (χ0) is 13.3. The SMILES string of the molecule is O=C(COCCC[C@@H]1CCCCN1)c1cnccn1. The number of Topliss-reactive ketones (excluding diaryl/α,β-unsaturated/α-hetero) is 1. The summed E-state index contributed by atoms with van der Waals surface area (Å²) in [4.78, 5) is 19.5. The van der Waals surface area contributed by atoms with Gasteiger partial charge in [0.25, 0.3) is 0 Å². The van der Waals surface area contributed by atoms with Gasteiger partial charge in [-0.25, -0.2) is 4.98 Å². The van der Waals surface area contributed by atoms with Crippen molar-refractivity contribution >= 4 is 5.78 Å². The van der Waals surface area contributed by atoms with E-state index in [0.717, 1.165) is 19.4 Å². The van der Waals surface area contributed by atoms with Crippen LogP contribution in [0.2, 0.25) is 0 Å². The molecule has 0 aliphatic carbocycles. The van der Waals surface area contributed by atoms with Gasteiger partial charge in [-0.05, 0) is 32.2 Å². The summed E-state index contributed by atoms with van der Waals surface area (Å²) in [6.07, 6.45) is 10.5. The normalized spacial score (nSPS) is 19.3. The Labute approximate surface area is 113 Å². The molecule has 0 saturated carbocycles. The lowest BCUT2D eigenvalue weighted by atomic mass is 10.0. The molecule has 1 aliphatic rings. The van der Waals surface area contributed by atoms with Gasteiger partial charge in [-0.1, -0.05) is 6.42 Å². The quantitative estimate of drug-likeness (QED) is 0.598. The highest BCUT2D eigenvalue weighted by Gasteiger charge is 2.12. The van der Waals surface area contributed by atoms with Gasteiger partial charge in [-0.3, -0.25) is 9.78 Å². The molecule has 1 N–H and O–H groups in total. The molecule has 1 fully saturated rings. The van der Waals surface area contributed by atoms with Gasteiger partial charge in [-0.15, -0.1) is 0 Å². The molecule has 1 aliphatic heterocycles. The van der Waals surface area contributed by atoms with Crippen molar-refractivity contribution in [1.82, 2.24) is 15.3 Å². The average Bonchev–Trinajstić information content (AvgIpc) is 2.49. The van der Waals surface area contributed by atoms with Crippen LogP contribution in [0.1, 0.15) is 42.6 Å². The zero-order valence-corrected chi connectivity index (χ0v) is 11.2.